The minimum absolute atomic E-state index is 0.0484. The van der Waals surface area contributed by atoms with Crippen molar-refractivity contribution in [2.75, 3.05) is 18.0 Å². The highest BCUT2D eigenvalue weighted by Crippen LogP contribution is 2.31. The van der Waals surface area contributed by atoms with E-state index in [0.29, 0.717) is 5.82 Å². The van der Waals surface area contributed by atoms with E-state index in [1.54, 1.807) is 7.05 Å². The van der Waals surface area contributed by atoms with Crippen molar-refractivity contribution in [3.05, 3.63) is 26.4 Å². The molecule has 0 amide bonds. The molecule has 0 bridgehead atoms. The fourth-order valence-electron chi connectivity index (χ4n) is 2.91. The van der Waals surface area contributed by atoms with Crippen molar-refractivity contribution in [2.45, 2.75) is 26.7 Å². The van der Waals surface area contributed by atoms with Gasteiger partial charge in [0.15, 0.2) is 5.56 Å². The fourth-order valence-corrected chi connectivity index (χ4v) is 2.91. The number of aromatic nitrogens is 2. The monoisotopic (exact) mass is 276 g/mol. The Labute approximate surface area is 117 Å². The van der Waals surface area contributed by atoms with Gasteiger partial charge in [-0.2, -0.15) is 5.26 Å². The summed E-state index contributed by atoms with van der Waals surface area (Å²) >= 11 is 0. The highest BCUT2D eigenvalue weighted by molar-refractivity contribution is 5.54. The number of hydrogen-bond acceptors (Lipinski definition) is 4. The molecule has 6 nitrogen and oxygen atoms in total. The molecule has 0 saturated carbocycles. The standard InChI is InChI=1S/C14H20N4O2/c1-14(2)6-5-7-18(9-14)11-10(8-15)12(19)17(4)13(20)16(11)3/h5-7,9H2,1-4H3. The van der Waals surface area contributed by atoms with Crippen LogP contribution in [-0.4, -0.2) is 22.2 Å². The van der Waals surface area contributed by atoms with Crippen LogP contribution >= 0.6 is 0 Å². The summed E-state index contributed by atoms with van der Waals surface area (Å²) in [6.45, 7) is 5.81. The van der Waals surface area contributed by atoms with Gasteiger partial charge < -0.3 is 4.90 Å². The molecule has 20 heavy (non-hydrogen) atoms. The quantitative estimate of drug-likeness (QED) is 0.752. The van der Waals surface area contributed by atoms with Crippen molar-refractivity contribution in [3.63, 3.8) is 0 Å². The number of nitriles is 1. The Bertz CT molecular complexity index is 691. The van der Waals surface area contributed by atoms with E-state index >= 15 is 0 Å². The molecule has 1 aromatic rings. The van der Waals surface area contributed by atoms with Gasteiger partial charge in [-0.15, -0.1) is 0 Å². The molecule has 2 rings (SSSR count). The summed E-state index contributed by atoms with van der Waals surface area (Å²) in [6, 6.07) is 1.96. The zero-order chi connectivity index (χ0) is 15.1. The Kier molecular flexibility index (Phi) is 3.46. The van der Waals surface area contributed by atoms with Crippen molar-refractivity contribution in [1.29, 1.82) is 5.26 Å². The van der Waals surface area contributed by atoms with Crippen LogP contribution in [0.2, 0.25) is 0 Å². The van der Waals surface area contributed by atoms with Gasteiger partial charge in [0, 0.05) is 27.2 Å². The second kappa shape index (κ2) is 4.82. The van der Waals surface area contributed by atoms with E-state index in [1.165, 1.54) is 11.6 Å². The topological polar surface area (TPSA) is 71.0 Å². The van der Waals surface area contributed by atoms with Crippen LogP contribution in [0.25, 0.3) is 0 Å². The van der Waals surface area contributed by atoms with Crippen molar-refractivity contribution < 1.29 is 0 Å². The van der Waals surface area contributed by atoms with Crippen LogP contribution in [0.15, 0.2) is 9.59 Å². The average Bonchev–Trinajstić information content (AvgIpc) is 2.39. The van der Waals surface area contributed by atoms with Crippen LogP contribution in [0.5, 0.6) is 0 Å². The van der Waals surface area contributed by atoms with E-state index < -0.39 is 11.2 Å². The molecule has 6 heteroatoms. The van der Waals surface area contributed by atoms with Gasteiger partial charge in [-0.1, -0.05) is 13.8 Å². The van der Waals surface area contributed by atoms with Gasteiger partial charge in [0.05, 0.1) is 0 Å². The van der Waals surface area contributed by atoms with Crippen LogP contribution < -0.4 is 16.1 Å². The Morgan fingerprint density at radius 1 is 1.20 bits per heavy atom. The highest BCUT2D eigenvalue weighted by atomic mass is 16.2. The van der Waals surface area contributed by atoms with Gasteiger partial charge in [-0.05, 0) is 18.3 Å². The molecule has 1 aromatic heterocycles. The van der Waals surface area contributed by atoms with Gasteiger partial charge in [-0.25, -0.2) is 4.79 Å². The predicted molar refractivity (Wildman–Crippen MR) is 76.9 cm³/mol. The lowest BCUT2D eigenvalue weighted by Crippen LogP contribution is -2.47. The second-order valence-corrected chi connectivity index (χ2v) is 6.21. The first kappa shape index (κ1) is 14.4. The lowest BCUT2D eigenvalue weighted by Gasteiger charge is -2.40. The third-order valence-electron chi connectivity index (χ3n) is 3.95. The van der Waals surface area contributed by atoms with Gasteiger partial charge in [0.2, 0.25) is 0 Å². The minimum atomic E-state index is -0.519. The largest absolute Gasteiger partial charge is 0.356 e. The predicted octanol–water partition coefficient (Wildman–Crippen LogP) is 0.582. The van der Waals surface area contributed by atoms with Gasteiger partial charge >= 0.3 is 5.69 Å². The van der Waals surface area contributed by atoms with Crippen LogP contribution in [0, 0.1) is 16.7 Å². The first-order chi connectivity index (χ1) is 9.28. The third kappa shape index (κ3) is 2.24. The van der Waals surface area contributed by atoms with Crippen LogP contribution in [0.3, 0.4) is 0 Å². The van der Waals surface area contributed by atoms with Crippen molar-refractivity contribution in [1.82, 2.24) is 9.13 Å². The molecule has 2 heterocycles. The van der Waals surface area contributed by atoms with E-state index in [-0.39, 0.29) is 11.0 Å². The fraction of sp³-hybridized carbons (Fsp3) is 0.643. The second-order valence-electron chi connectivity index (χ2n) is 6.21. The van der Waals surface area contributed by atoms with Crippen molar-refractivity contribution in [2.24, 2.45) is 19.5 Å². The van der Waals surface area contributed by atoms with Crippen LogP contribution in [0.1, 0.15) is 32.3 Å². The maximum Gasteiger partial charge on any atom is 0.332 e. The van der Waals surface area contributed by atoms with E-state index in [1.807, 2.05) is 11.0 Å². The first-order valence-corrected chi connectivity index (χ1v) is 6.73. The summed E-state index contributed by atoms with van der Waals surface area (Å²) in [7, 11) is 3.01. The zero-order valence-corrected chi connectivity index (χ0v) is 12.4. The summed E-state index contributed by atoms with van der Waals surface area (Å²) in [6.07, 6.45) is 2.09. The smallest absolute Gasteiger partial charge is 0.332 e. The molecule has 1 aliphatic heterocycles. The Hall–Kier alpha value is -2.03. The first-order valence-electron chi connectivity index (χ1n) is 6.73. The number of hydrogen-bond donors (Lipinski definition) is 0. The zero-order valence-electron chi connectivity index (χ0n) is 12.4. The van der Waals surface area contributed by atoms with Gasteiger partial charge in [-0.3, -0.25) is 13.9 Å². The molecule has 0 unspecified atom stereocenters. The molecule has 1 fully saturated rings. The molecule has 1 saturated heterocycles. The average molecular weight is 276 g/mol. The molecular formula is C14H20N4O2. The Morgan fingerprint density at radius 2 is 1.85 bits per heavy atom. The number of anilines is 1. The maximum atomic E-state index is 12.1. The Morgan fingerprint density at radius 3 is 2.40 bits per heavy atom. The summed E-state index contributed by atoms with van der Waals surface area (Å²) in [4.78, 5) is 26.2. The van der Waals surface area contributed by atoms with E-state index in [0.717, 1.165) is 30.5 Å². The van der Waals surface area contributed by atoms with Gasteiger partial charge in [0.25, 0.3) is 5.56 Å². The maximum absolute atomic E-state index is 12.1. The molecule has 0 radical (unpaired) electrons. The summed E-state index contributed by atoms with van der Waals surface area (Å²) in [5, 5.41) is 9.29. The van der Waals surface area contributed by atoms with E-state index in [4.69, 9.17) is 0 Å². The number of piperidine rings is 1. The number of rotatable bonds is 1. The lowest BCUT2D eigenvalue weighted by molar-refractivity contribution is 0.290. The molecule has 0 N–H and O–H groups in total. The van der Waals surface area contributed by atoms with E-state index in [9.17, 15) is 14.9 Å². The molecule has 1 aliphatic rings. The molecule has 0 spiro atoms. The summed E-state index contributed by atoms with van der Waals surface area (Å²) in [5.41, 5.74) is -0.754. The highest BCUT2D eigenvalue weighted by Gasteiger charge is 2.30. The molecular weight excluding hydrogens is 256 g/mol. The minimum Gasteiger partial charge on any atom is -0.356 e. The molecule has 0 aromatic carbocycles. The van der Waals surface area contributed by atoms with E-state index in [2.05, 4.69) is 13.8 Å². The van der Waals surface area contributed by atoms with Crippen LogP contribution in [0.4, 0.5) is 5.82 Å². The Balaban J connectivity index is 2.66. The normalized spacial score (nSPS) is 17.9. The number of nitrogens with zero attached hydrogens (tertiary/aromatic N) is 4. The summed E-state index contributed by atoms with van der Waals surface area (Å²) in [5.74, 6) is 0.452. The molecule has 0 atom stereocenters. The SMILES string of the molecule is Cn1c(N2CCCC(C)(C)C2)c(C#N)c(=O)n(C)c1=O. The molecule has 108 valence electrons. The van der Waals surface area contributed by atoms with Crippen molar-refractivity contribution in [3.8, 4) is 6.07 Å². The van der Waals surface area contributed by atoms with Crippen molar-refractivity contribution >= 4 is 5.82 Å². The third-order valence-corrected chi connectivity index (χ3v) is 3.95. The lowest BCUT2D eigenvalue weighted by atomic mass is 9.84. The summed E-state index contributed by atoms with van der Waals surface area (Å²) < 4.78 is 2.39. The van der Waals surface area contributed by atoms with Crippen LogP contribution in [-0.2, 0) is 14.1 Å². The van der Waals surface area contributed by atoms with Gasteiger partial charge in [0.1, 0.15) is 11.9 Å². The molecule has 0 aliphatic carbocycles.